The van der Waals surface area contributed by atoms with Crippen LogP contribution in [0, 0.1) is 11.9 Å². The average molecular weight is 203 g/mol. The number of phenolic OH excluding ortho intramolecular Hbond substituents is 2. The number of halogens is 1. The first-order valence-corrected chi connectivity index (χ1v) is 4.36. The molecule has 75 valence electrons. The topological polar surface area (TPSA) is 40.5 Å². The Kier molecular flexibility index (Phi) is 2.29. The molecule has 0 saturated heterocycles. The van der Waals surface area contributed by atoms with Gasteiger partial charge in [0.05, 0.1) is 0 Å². The predicted octanol–water partition coefficient (Wildman–Crippen LogP) is 2.70. The van der Waals surface area contributed by atoms with E-state index in [4.69, 9.17) is 5.11 Å². The summed E-state index contributed by atoms with van der Waals surface area (Å²) in [5.74, 6) is -1.08. The fraction of sp³-hybridized carbons (Fsp3) is 0. The van der Waals surface area contributed by atoms with Gasteiger partial charge < -0.3 is 10.2 Å². The highest BCUT2D eigenvalue weighted by atomic mass is 19.1. The van der Waals surface area contributed by atoms with Gasteiger partial charge in [-0.3, -0.25) is 0 Å². The van der Waals surface area contributed by atoms with E-state index in [1.54, 1.807) is 12.1 Å². The van der Waals surface area contributed by atoms with Crippen molar-refractivity contribution in [3.05, 3.63) is 48.3 Å². The van der Waals surface area contributed by atoms with Crippen LogP contribution in [0.1, 0.15) is 0 Å². The molecule has 0 unspecified atom stereocenters. The number of hydrogen-bond donors (Lipinski definition) is 2. The molecule has 0 bridgehead atoms. The van der Waals surface area contributed by atoms with Crippen molar-refractivity contribution in [3.63, 3.8) is 0 Å². The van der Waals surface area contributed by atoms with Crippen molar-refractivity contribution >= 4 is 0 Å². The quantitative estimate of drug-likeness (QED) is 0.748. The first-order chi connectivity index (χ1) is 7.18. The third kappa shape index (κ3) is 1.76. The van der Waals surface area contributed by atoms with Crippen LogP contribution in [0.25, 0.3) is 11.1 Å². The molecular formula is C12H8FO2. The maximum Gasteiger partial charge on any atom is 0.165 e. The van der Waals surface area contributed by atoms with Crippen LogP contribution in [0.4, 0.5) is 4.39 Å². The third-order valence-electron chi connectivity index (χ3n) is 2.10. The molecule has 0 aliphatic carbocycles. The van der Waals surface area contributed by atoms with Crippen molar-refractivity contribution in [1.82, 2.24) is 0 Å². The smallest absolute Gasteiger partial charge is 0.165 e. The van der Waals surface area contributed by atoms with Gasteiger partial charge in [-0.25, -0.2) is 4.39 Å². The number of benzene rings is 2. The molecule has 0 spiro atoms. The molecule has 1 radical (unpaired) electrons. The fourth-order valence-corrected chi connectivity index (χ4v) is 1.34. The molecule has 2 nitrogen and oxygen atoms in total. The van der Waals surface area contributed by atoms with Crippen LogP contribution in [-0.4, -0.2) is 10.2 Å². The van der Waals surface area contributed by atoms with E-state index in [0.29, 0.717) is 11.1 Å². The summed E-state index contributed by atoms with van der Waals surface area (Å²) >= 11 is 0. The summed E-state index contributed by atoms with van der Waals surface area (Å²) in [6.45, 7) is 0. The van der Waals surface area contributed by atoms with Gasteiger partial charge >= 0.3 is 0 Å². The monoisotopic (exact) mass is 203 g/mol. The van der Waals surface area contributed by atoms with Gasteiger partial charge in [0.1, 0.15) is 5.75 Å². The molecule has 0 atom stereocenters. The Bertz CT molecular complexity index is 495. The van der Waals surface area contributed by atoms with Crippen molar-refractivity contribution in [3.8, 4) is 22.6 Å². The van der Waals surface area contributed by atoms with Crippen LogP contribution < -0.4 is 0 Å². The summed E-state index contributed by atoms with van der Waals surface area (Å²) < 4.78 is 13.1. The number of rotatable bonds is 1. The molecule has 0 aliphatic heterocycles. The number of phenols is 2. The molecule has 3 heteroatoms. The van der Waals surface area contributed by atoms with Crippen molar-refractivity contribution in [2.24, 2.45) is 0 Å². The van der Waals surface area contributed by atoms with Crippen LogP contribution in [0.15, 0.2) is 36.4 Å². The van der Waals surface area contributed by atoms with Gasteiger partial charge in [0.15, 0.2) is 11.6 Å². The largest absolute Gasteiger partial charge is 0.507 e. The zero-order valence-electron chi connectivity index (χ0n) is 7.74. The second-order valence-electron chi connectivity index (χ2n) is 3.11. The van der Waals surface area contributed by atoms with Crippen LogP contribution >= 0.6 is 0 Å². The second kappa shape index (κ2) is 3.61. The zero-order valence-corrected chi connectivity index (χ0v) is 7.74. The van der Waals surface area contributed by atoms with E-state index >= 15 is 0 Å². The molecule has 0 aliphatic rings. The van der Waals surface area contributed by atoms with Crippen molar-refractivity contribution < 1.29 is 14.6 Å². The lowest BCUT2D eigenvalue weighted by atomic mass is 10.0. The summed E-state index contributed by atoms with van der Waals surface area (Å²) in [5, 5.41) is 18.5. The second-order valence-corrected chi connectivity index (χ2v) is 3.11. The zero-order chi connectivity index (χ0) is 10.8. The summed E-state index contributed by atoms with van der Waals surface area (Å²) in [6, 6.07) is 11.3. The van der Waals surface area contributed by atoms with E-state index in [2.05, 4.69) is 6.07 Å². The van der Waals surface area contributed by atoms with Crippen LogP contribution in [0.2, 0.25) is 0 Å². The van der Waals surface area contributed by atoms with Crippen LogP contribution in [0.3, 0.4) is 0 Å². The Morgan fingerprint density at radius 3 is 2.53 bits per heavy atom. The lowest BCUT2D eigenvalue weighted by molar-refractivity contribution is 0.432. The normalized spacial score (nSPS) is 10.2. The van der Waals surface area contributed by atoms with Gasteiger partial charge in [-0.15, -0.1) is 0 Å². The Labute approximate surface area is 86.2 Å². The summed E-state index contributed by atoms with van der Waals surface area (Å²) in [5.41, 5.74) is 1.02. The predicted molar refractivity (Wildman–Crippen MR) is 54.0 cm³/mol. The van der Waals surface area contributed by atoms with E-state index in [0.717, 1.165) is 0 Å². The van der Waals surface area contributed by atoms with Gasteiger partial charge in [-0.2, -0.15) is 0 Å². The molecule has 0 amide bonds. The van der Waals surface area contributed by atoms with Crippen molar-refractivity contribution in [2.45, 2.75) is 0 Å². The minimum Gasteiger partial charge on any atom is -0.507 e. The summed E-state index contributed by atoms with van der Waals surface area (Å²) in [4.78, 5) is 0. The Balaban J connectivity index is 2.55. The maximum absolute atomic E-state index is 13.1. The number of aromatic hydroxyl groups is 2. The van der Waals surface area contributed by atoms with Gasteiger partial charge in [-0.05, 0) is 29.8 Å². The molecule has 2 rings (SSSR count). The molecule has 0 aromatic heterocycles. The van der Waals surface area contributed by atoms with Crippen LogP contribution in [0.5, 0.6) is 11.5 Å². The van der Waals surface area contributed by atoms with E-state index in [-0.39, 0.29) is 5.75 Å². The highest BCUT2D eigenvalue weighted by Gasteiger charge is 2.06. The highest BCUT2D eigenvalue weighted by molar-refractivity contribution is 5.70. The number of hydrogen-bond acceptors (Lipinski definition) is 2. The Morgan fingerprint density at radius 1 is 1.07 bits per heavy atom. The summed E-state index contributed by atoms with van der Waals surface area (Å²) in [7, 11) is 0. The van der Waals surface area contributed by atoms with Gasteiger partial charge in [-0.1, -0.05) is 18.2 Å². The molecule has 15 heavy (non-hydrogen) atoms. The fourth-order valence-electron chi connectivity index (χ4n) is 1.34. The lowest BCUT2D eigenvalue weighted by Crippen LogP contribution is -1.81. The first kappa shape index (κ1) is 9.52. The molecule has 2 aromatic rings. The Hall–Kier alpha value is -2.03. The van der Waals surface area contributed by atoms with E-state index < -0.39 is 11.6 Å². The van der Waals surface area contributed by atoms with E-state index in [1.165, 1.54) is 24.3 Å². The standard InChI is InChI=1S/C12H8FO2/c13-10-7-8(5-6-12(10)15)9-3-1-2-4-11(9)14/h1,3-7,14-15H. The SMILES string of the molecule is Oc1ccc(-c2cc[c]cc2O)cc1F. The van der Waals surface area contributed by atoms with E-state index in [9.17, 15) is 9.50 Å². The molecule has 0 fully saturated rings. The highest BCUT2D eigenvalue weighted by Crippen LogP contribution is 2.30. The average Bonchev–Trinajstić information content (AvgIpc) is 2.23. The first-order valence-electron chi connectivity index (χ1n) is 4.36. The lowest BCUT2D eigenvalue weighted by Gasteiger charge is -2.04. The van der Waals surface area contributed by atoms with Crippen molar-refractivity contribution in [2.75, 3.05) is 0 Å². The van der Waals surface area contributed by atoms with Crippen molar-refractivity contribution in [1.29, 1.82) is 0 Å². The maximum atomic E-state index is 13.1. The molecule has 0 heterocycles. The van der Waals surface area contributed by atoms with E-state index in [1.807, 2.05) is 0 Å². The van der Waals surface area contributed by atoms with Gasteiger partial charge in [0, 0.05) is 5.56 Å². The van der Waals surface area contributed by atoms with Gasteiger partial charge in [0.25, 0.3) is 0 Å². The molecule has 0 saturated carbocycles. The minimum atomic E-state index is -0.709. The molecule has 2 N–H and O–H groups in total. The molecule has 2 aromatic carbocycles. The van der Waals surface area contributed by atoms with Crippen LogP contribution in [-0.2, 0) is 0 Å². The molecular weight excluding hydrogens is 195 g/mol. The van der Waals surface area contributed by atoms with Gasteiger partial charge in [0.2, 0.25) is 0 Å². The Morgan fingerprint density at radius 2 is 1.87 bits per heavy atom. The third-order valence-corrected chi connectivity index (χ3v) is 2.10. The minimum absolute atomic E-state index is 0.0302. The summed E-state index contributed by atoms with van der Waals surface area (Å²) in [6.07, 6.45) is 0.